The van der Waals surface area contributed by atoms with Gasteiger partial charge in [-0.05, 0) is 73.4 Å². The molecular formula is C24H25F3N2O2. The second-order valence-corrected chi connectivity index (χ2v) is 8.32. The van der Waals surface area contributed by atoms with Crippen molar-refractivity contribution in [3.05, 3.63) is 76.0 Å². The van der Waals surface area contributed by atoms with Crippen LogP contribution in [0, 0.1) is 17.5 Å². The first-order valence-corrected chi connectivity index (χ1v) is 10.5. The van der Waals surface area contributed by atoms with Crippen LogP contribution in [0.25, 0.3) is 10.8 Å². The van der Waals surface area contributed by atoms with E-state index in [0.717, 1.165) is 6.07 Å². The highest BCUT2D eigenvalue weighted by Gasteiger charge is 2.42. The molecule has 0 amide bonds. The highest BCUT2D eigenvalue weighted by atomic mass is 19.1. The molecule has 4 nitrogen and oxygen atoms in total. The van der Waals surface area contributed by atoms with Crippen LogP contribution in [0.1, 0.15) is 44.6 Å². The largest absolute Gasteiger partial charge is 0.487 e. The summed E-state index contributed by atoms with van der Waals surface area (Å²) in [4.78, 5) is 14.4. The number of H-pyrrole nitrogens is 1. The minimum atomic E-state index is -0.621. The van der Waals surface area contributed by atoms with Crippen molar-refractivity contribution in [3.8, 4) is 5.75 Å². The summed E-state index contributed by atoms with van der Waals surface area (Å²) in [6, 6.07) is 7.71. The van der Waals surface area contributed by atoms with Crippen LogP contribution in [0.2, 0.25) is 0 Å². The van der Waals surface area contributed by atoms with Crippen LogP contribution in [-0.2, 0) is 5.41 Å². The lowest BCUT2D eigenvalue weighted by Gasteiger charge is -2.44. The lowest BCUT2D eigenvalue weighted by molar-refractivity contribution is 0.0998. The quantitative estimate of drug-likeness (QED) is 0.602. The van der Waals surface area contributed by atoms with Crippen molar-refractivity contribution in [1.82, 2.24) is 4.98 Å². The summed E-state index contributed by atoms with van der Waals surface area (Å²) in [5, 5.41) is 0.852. The molecule has 3 N–H and O–H groups in total. The van der Waals surface area contributed by atoms with Crippen LogP contribution in [-0.4, -0.2) is 17.1 Å². The predicted molar refractivity (Wildman–Crippen MR) is 114 cm³/mol. The Morgan fingerprint density at radius 3 is 2.45 bits per heavy atom. The molecule has 1 aliphatic carbocycles. The van der Waals surface area contributed by atoms with Crippen molar-refractivity contribution >= 4 is 10.8 Å². The predicted octanol–water partition coefficient (Wildman–Crippen LogP) is 4.94. The molecule has 1 aromatic heterocycles. The second kappa shape index (κ2) is 8.38. The average Bonchev–Trinajstić information content (AvgIpc) is 2.74. The average molecular weight is 430 g/mol. The monoisotopic (exact) mass is 430 g/mol. The summed E-state index contributed by atoms with van der Waals surface area (Å²) in [7, 11) is 0. The van der Waals surface area contributed by atoms with Crippen LogP contribution < -0.4 is 16.0 Å². The van der Waals surface area contributed by atoms with E-state index in [1.165, 1.54) is 30.5 Å². The first-order chi connectivity index (χ1) is 14.8. The van der Waals surface area contributed by atoms with E-state index in [1.807, 2.05) is 6.92 Å². The van der Waals surface area contributed by atoms with Crippen LogP contribution in [0.5, 0.6) is 5.75 Å². The fourth-order valence-electron chi connectivity index (χ4n) is 4.79. The standard InChI is InChI=1S/C24H25F3N2O2/c1-2-22(28)24(15-10-16(25)12-17(26)11-15)6-3-18(4-7-24)31-21-9-14-5-8-29-23(30)19(14)13-20(21)27/h5,8-13,18,22H,2-4,6-7,28H2,1H3,(H,29,30)/t18?,22-,24?/m1/s1. The van der Waals surface area contributed by atoms with E-state index in [2.05, 4.69) is 4.98 Å². The molecule has 3 aromatic rings. The number of ether oxygens (including phenoxy) is 1. The zero-order valence-corrected chi connectivity index (χ0v) is 17.3. The SMILES string of the molecule is CC[C@@H](N)C1(c2cc(F)cc(F)c2)CCC(Oc2cc3cc[nH]c(=O)c3cc2F)CC1. The number of nitrogens with one attached hydrogen (secondary N) is 1. The van der Waals surface area contributed by atoms with Crippen molar-refractivity contribution in [2.75, 3.05) is 0 Å². The number of rotatable bonds is 5. The van der Waals surface area contributed by atoms with Gasteiger partial charge in [-0.2, -0.15) is 0 Å². The molecule has 164 valence electrons. The summed E-state index contributed by atoms with van der Waals surface area (Å²) < 4.78 is 48.3. The number of aromatic amines is 1. The van der Waals surface area contributed by atoms with Crippen molar-refractivity contribution in [3.63, 3.8) is 0 Å². The molecule has 1 heterocycles. The van der Waals surface area contributed by atoms with Crippen molar-refractivity contribution < 1.29 is 17.9 Å². The molecular weight excluding hydrogens is 405 g/mol. The molecule has 2 aromatic carbocycles. The van der Waals surface area contributed by atoms with Gasteiger partial charge in [0.15, 0.2) is 11.6 Å². The Kier molecular flexibility index (Phi) is 5.79. The third-order valence-electron chi connectivity index (χ3n) is 6.53. The van der Waals surface area contributed by atoms with E-state index >= 15 is 0 Å². The number of pyridine rings is 1. The lowest BCUT2D eigenvalue weighted by Crippen LogP contribution is -2.49. The van der Waals surface area contributed by atoms with Crippen LogP contribution in [0.4, 0.5) is 13.2 Å². The van der Waals surface area contributed by atoms with Gasteiger partial charge in [0.2, 0.25) is 0 Å². The molecule has 31 heavy (non-hydrogen) atoms. The zero-order valence-electron chi connectivity index (χ0n) is 17.3. The summed E-state index contributed by atoms with van der Waals surface area (Å²) in [5.41, 5.74) is 6.08. The maximum atomic E-state index is 14.6. The van der Waals surface area contributed by atoms with Gasteiger partial charge in [-0.1, -0.05) is 6.92 Å². The molecule has 7 heteroatoms. The Bertz CT molecular complexity index is 1130. The van der Waals surface area contributed by atoms with E-state index in [9.17, 15) is 18.0 Å². The first-order valence-electron chi connectivity index (χ1n) is 10.5. The number of nitrogens with two attached hydrogens (primary N) is 1. The molecule has 0 aliphatic heterocycles. The van der Waals surface area contributed by atoms with Crippen molar-refractivity contribution in [1.29, 1.82) is 0 Å². The lowest BCUT2D eigenvalue weighted by atomic mass is 9.64. The molecule has 0 radical (unpaired) electrons. The molecule has 4 rings (SSSR count). The Hall–Kier alpha value is -2.80. The Morgan fingerprint density at radius 1 is 1.13 bits per heavy atom. The number of aromatic nitrogens is 1. The third-order valence-corrected chi connectivity index (χ3v) is 6.53. The van der Waals surface area contributed by atoms with Gasteiger partial charge in [0, 0.05) is 23.7 Å². The molecule has 0 unspecified atom stereocenters. The minimum Gasteiger partial charge on any atom is -0.487 e. The highest BCUT2D eigenvalue weighted by Crippen LogP contribution is 2.44. The molecule has 0 saturated heterocycles. The van der Waals surface area contributed by atoms with Crippen LogP contribution in [0.15, 0.2) is 47.4 Å². The van der Waals surface area contributed by atoms with Gasteiger partial charge in [0.05, 0.1) is 11.5 Å². The fraction of sp³-hybridized carbons (Fsp3) is 0.375. The third kappa shape index (κ3) is 4.06. The maximum absolute atomic E-state index is 14.6. The molecule has 1 atom stereocenters. The van der Waals surface area contributed by atoms with Crippen LogP contribution >= 0.6 is 0 Å². The van der Waals surface area contributed by atoms with E-state index in [1.54, 1.807) is 6.07 Å². The molecule has 0 spiro atoms. The van der Waals surface area contributed by atoms with Gasteiger partial charge in [0.25, 0.3) is 5.56 Å². The second-order valence-electron chi connectivity index (χ2n) is 8.32. The van der Waals surface area contributed by atoms with E-state index < -0.39 is 22.9 Å². The summed E-state index contributed by atoms with van der Waals surface area (Å²) in [5.74, 6) is -1.75. The topological polar surface area (TPSA) is 68.1 Å². The Labute approximate surface area is 178 Å². The highest BCUT2D eigenvalue weighted by molar-refractivity contribution is 5.82. The van der Waals surface area contributed by atoms with Gasteiger partial charge in [-0.15, -0.1) is 0 Å². The summed E-state index contributed by atoms with van der Waals surface area (Å²) in [6.45, 7) is 1.96. The summed E-state index contributed by atoms with van der Waals surface area (Å²) >= 11 is 0. The zero-order chi connectivity index (χ0) is 22.2. The fourth-order valence-corrected chi connectivity index (χ4v) is 4.79. The smallest absolute Gasteiger partial charge is 0.255 e. The number of benzene rings is 2. The Balaban J connectivity index is 1.57. The maximum Gasteiger partial charge on any atom is 0.255 e. The Morgan fingerprint density at radius 2 is 1.81 bits per heavy atom. The van der Waals surface area contributed by atoms with E-state index in [4.69, 9.17) is 10.5 Å². The molecule has 1 aliphatic rings. The molecule has 0 bridgehead atoms. The van der Waals surface area contributed by atoms with Gasteiger partial charge in [-0.25, -0.2) is 13.2 Å². The van der Waals surface area contributed by atoms with Gasteiger partial charge in [0.1, 0.15) is 11.6 Å². The minimum absolute atomic E-state index is 0.0900. The van der Waals surface area contributed by atoms with Gasteiger partial charge < -0.3 is 15.5 Å². The number of halogens is 3. The van der Waals surface area contributed by atoms with Crippen molar-refractivity contribution in [2.24, 2.45) is 5.73 Å². The number of hydrogen-bond donors (Lipinski definition) is 2. The number of hydrogen-bond acceptors (Lipinski definition) is 3. The van der Waals surface area contributed by atoms with Gasteiger partial charge in [-0.3, -0.25) is 4.79 Å². The van der Waals surface area contributed by atoms with E-state index in [0.29, 0.717) is 43.1 Å². The van der Waals surface area contributed by atoms with E-state index in [-0.39, 0.29) is 28.8 Å². The first kappa shape index (κ1) is 21.4. The van der Waals surface area contributed by atoms with Crippen LogP contribution in [0.3, 0.4) is 0 Å². The normalized spacial score (nSPS) is 22.4. The van der Waals surface area contributed by atoms with Gasteiger partial charge >= 0.3 is 0 Å². The summed E-state index contributed by atoms with van der Waals surface area (Å²) in [6.07, 6.45) is 4.19. The molecule has 1 fully saturated rings. The molecule has 1 saturated carbocycles. The number of fused-ring (bicyclic) bond motifs is 1. The van der Waals surface area contributed by atoms with Crippen molar-refractivity contribution in [2.45, 2.75) is 56.6 Å².